The predicted octanol–water partition coefficient (Wildman–Crippen LogP) is 11.7. The lowest BCUT2D eigenvalue weighted by Crippen LogP contribution is -1.88. The van der Waals surface area contributed by atoms with E-state index < -0.39 is 0 Å². The number of unbranched alkanes of at least 4 members (excludes halogenated alkanes) is 17. The van der Waals surface area contributed by atoms with Crippen LogP contribution in [0.2, 0.25) is 0 Å². The van der Waals surface area contributed by atoms with Crippen molar-refractivity contribution in [3.63, 3.8) is 0 Å². The Morgan fingerprint density at radius 2 is 0.531 bits per heavy atom. The fraction of sp³-hybridized carbons (Fsp3) is 1.00. The third-order valence-corrected chi connectivity index (χ3v) is 8.89. The van der Waals surface area contributed by atoms with E-state index in [0.717, 1.165) is 23.7 Å². The first kappa shape index (κ1) is 28.2. The van der Waals surface area contributed by atoms with E-state index >= 15 is 0 Å². The fourth-order valence-corrected chi connectivity index (χ4v) is 6.28. The molecule has 2 saturated carbocycles. The van der Waals surface area contributed by atoms with E-state index in [4.69, 9.17) is 0 Å². The van der Waals surface area contributed by atoms with Crippen molar-refractivity contribution < 1.29 is 0 Å². The van der Waals surface area contributed by atoms with Gasteiger partial charge in [0.05, 0.1) is 0 Å². The lowest BCUT2D eigenvalue weighted by Gasteiger charge is -2.04. The molecule has 0 aliphatic heterocycles. The van der Waals surface area contributed by atoms with Gasteiger partial charge in [-0.05, 0) is 36.5 Å². The van der Waals surface area contributed by atoms with Gasteiger partial charge >= 0.3 is 0 Å². The molecule has 4 atom stereocenters. The molecule has 0 bridgehead atoms. The molecule has 2 aliphatic carbocycles. The highest BCUT2D eigenvalue weighted by Gasteiger charge is 2.35. The summed E-state index contributed by atoms with van der Waals surface area (Å²) in [5.41, 5.74) is 0. The van der Waals surface area contributed by atoms with Gasteiger partial charge in [0.1, 0.15) is 0 Å². The molecule has 0 spiro atoms. The molecule has 0 aromatic carbocycles. The lowest BCUT2D eigenvalue weighted by molar-refractivity contribution is 0.499. The van der Waals surface area contributed by atoms with E-state index in [0.29, 0.717) is 0 Å². The van der Waals surface area contributed by atoms with E-state index in [1.807, 2.05) is 0 Å². The highest BCUT2D eigenvalue weighted by Crippen LogP contribution is 2.46. The van der Waals surface area contributed by atoms with Crippen LogP contribution in [0.15, 0.2) is 0 Å². The Bertz CT molecular complexity index is 361. The third kappa shape index (κ3) is 15.0. The van der Waals surface area contributed by atoms with Crippen molar-refractivity contribution >= 4 is 0 Å². The second kappa shape index (κ2) is 19.3. The minimum Gasteiger partial charge on any atom is -0.0654 e. The summed E-state index contributed by atoms with van der Waals surface area (Å²) in [7, 11) is 0. The molecule has 2 fully saturated rings. The van der Waals surface area contributed by atoms with Crippen molar-refractivity contribution in [2.24, 2.45) is 23.7 Å². The van der Waals surface area contributed by atoms with Crippen LogP contribution >= 0.6 is 0 Å². The van der Waals surface area contributed by atoms with E-state index in [9.17, 15) is 0 Å². The SMILES string of the molecule is CCCCCCCCCC1CC1CCCCCCCCC1CC1CCCCCCCCC. The average Bonchev–Trinajstić information content (AvgIpc) is 3.72. The van der Waals surface area contributed by atoms with E-state index in [1.165, 1.54) is 128 Å². The van der Waals surface area contributed by atoms with E-state index in [1.54, 1.807) is 38.5 Å². The standard InChI is InChI=1S/C32H62/c1-3-5-7-9-11-15-19-23-29-27-31(29)25-21-17-13-14-18-22-26-32-28-30(32)24-20-16-12-10-8-6-4-2/h29-32H,3-28H2,1-2H3. The molecule has 32 heavy (non-hydrogen) atoms. The van der Waals surface area contributed by atoms with Gasteiger partial charge in [-0.2, -0.15) is 0 Å². The third-order valence-electron chi connectivity index (χ3n) is 8.89. The Hall–Kier alpha value is 0. The average molecular weight is 447 g/mol. The van der Waals surface area contributed by atoms with Crippen LogP contribution in [0.1, 0.15) is 181 Å². The minimum absolute atomic E-state index is 1.14. The maximum Gasteiger partial charge on any atom is -0.0383 e. The summed E-state index contributed by atoms with van der Waals surface area (Å²) in [6.07, 6.45) is 39.2. The molecule has 0 saturated heterocycles. The molecular weight excluding hydrogens is 384 g/mol. The van der Waals surface area contributed by atoms with Crippen LogP contribution in [-0.2, 0) is 0 Å². The summed E-state index contributed by atoms with van der Waals surface area (Å²) in [4.78, 5) is 0. The summed E-state index contributed by atoms with van der Waals surface area (Å²) in [5, 5.41) is 0. The largest absolute Gasteiger partial charge is 0.0654 e. The Labute approximate surface area is 204 Å². The van der Waals surface area contributed by atoms with Gasteiger partial charge in [-0.3, -0.25) is 0 Å². The zero-order chi connectivity index (χ0) is 22.7. The second-order valence-electron chi connectivity index (χ2n) is 12.0. The smallest absolute Gasteiger partial charge is 0.0383 e. The highest BCUT2D eigenvalue weighted by atomic mass is 14.4. The van der Waals surface area contributed by atoms with Gasteiger partial charge in [0.2, 0.25) is 0 Å². The second-order valence-corrected chi connectivity index (χ2v) is 12.0. The lowest BCUT2D eigenvalue weighted by atomic mass is 10.0. The van der Waals surface area contributed by atoms with E-state index in [2.05, 4.69) is 13.8 Å². The quantitative estimate of drug-likeness (QED) is 0.122. The van der Waals surface area contributed by atoms with Crippen molar-refractivity contribution in [2.45, 2.75) is 181 Å². The number of rotatable bonds is 25. The highest BCUT2D eigenvalue weighted by molar-refractivity contribution is 4.86. The molecule has 2 rings (SSSR count). The van der Waals surface area contributed by atoms with Gasteiger partial charge in [0.25, 0.3) is 0 Å². The van der Waals surface area contributed by atoms with Crippen LogP contribution < -0.4 is 0 Å². The molecule has 4 unspecified atom stereocenters. The molecule has 2 aliphatic rings. The van der Waals surface area contributed by atoms with Crippen molar-refractivity contribution in [1.82, 2.24) is 0 Å². The molecule has 190 valence electrons. The zero-order valence-corrected chi connectivity index (χ0v) is 22.7. The van der Waals surface area contributed by atoms with E-state index in [-0.39, 0.29) is 0 Å². The first-order chi connectivity index (χ1) is 15.8. The molecule has 0 N–H and O–H groups in total. The fourth-order valence-electron chi connectivity index (χ4n) is 6.28. The van der Waals surface area contributed by atoms with Crippen LogP contribution in [0.5, 0.6) is 0 Å². The molecule has 0 heterocycles. The monoisotopic (exact) mass is 446 g/mol. The maximum absolute atomic E-state index is 2.31. The maximum atomic E-state index is 2.31. The first-order valence-electron chi connectivity index (χ1n) is 15.8. The Morgan fingerprint density at radius 1 is 0.312 bits per heavy atom. The van der Waals surface area contributed by atoms with Gasteiger partial charge in [-0.1, -0.05) is 168 Å². The van der Waals surface area contributed by atoms with Crippen molar-refractivity contribution in [3.05, 3.63) is 0 Å². The molecular formula is C32H62. The Balaban J connectivity index is 1.23. The molecule has 0 amide bonds. The first-order valence-corrected chi connectivity index (χ1v) is 15.8. The summed E-state index contributed by atoms with van der Waals surface area (Å²) >= 11 is 0. The summed E-state index contributed by atoms with van der Waals surface area (Å²) < 4.78 is 0. The molecule has 0 aromatic rings. The minimum atomic E-state index is 1.14. The van der Waals surface area contributed by atoms with Gasteiger partial charge in [-0.15, -0.1) is 0 Å². The zero-order valence-electron chi connectivity index (χ0n) is 22.7. The van der Waals surface area contributed by atoms with Gasteiger partial charge in [0.15, 0.2) is 0 Å². The summed E-state index contributed by atoms with van der Waals surface area (Å²) in [5.74, 6) is 4.55. The van der Waals surface area contributed by atoms with Gasteiger partial charge in [0, 0.05) is 0 Å². The molecule has 0 nitrogen and oxygen atoms in total. The van der Waals surface area contributed by atoms with Crippen LogP contribution in [0.3, 0.4) is 0 Å². The van der Waals surface area contributed by atoms with Gasteiger partial charge in [-0.25, -0.2) is 0 Å². The summed E-state index contributed by atoms with van der Waals surface area (Å²) in [6.45, 7) is 4.63. The van der Waals surface area contributed by atoms with Crippen molar-refractivity contribution in [3.8, 4) is 0 Å². The van der Waals surface area contributed by atoms with Gasteiger partial charge < -0.3 is 0 Å². The molecule has 0 aromatic heterocycles. The number of hydrogen-bond donors (Lipinski definition) is 0. The molecule has 0 heteroatoms. The Morgan fingerprint density at radius 3 is 0.781 bits per heavy atom. The van der Waals surface area contributed by atoms with Crippen molar-refractivity contribution in [2.75, 3.05) is 0 Å². The molecule has 0 radical (unpaired) electrons. The van der Waals surface area contributed by atoms with Crippen LogP contribution in [0, 0.1) is 23.7 Å². The van der Waals surface area contributed by atoms with Crippen molar-refractivity contribution in [1.29, 1.82) is 0 Å². The van der Waals surface area contributed by atoms with Crippen LogP contribution in [0.25, 0.3) is 0 Å². The summed E-state index contributed by atoms with van der Waals surface area (Å²) in [6, 6.07) is 0. The predicted molar refractivity (Wildman–Crippen MR) is 145 cm³/mol. The van der Waals surface area contributed by atoms with Crippen LogP contribution in [-0.4, -0.2) is 0 Å². The number of hydrogen-bond acceptors (Lipinski definition) is 0. The topological polar surface area (TPSA) is 0 Å². The van der Waals surface area contributed by atoms with Crippen LogP contribution in [0.4, 0.5) is 0 Å². The normalized spacial score (nSPS) is 24.2. The Kier molecular flexibility index (Phi) is 17.1.